The molecule has 0 radical (unpaired) electrons. The summed E-state index contributed by atoms with van der Waals surface area (Å²) in [7, 11) is 3.96. The van der Waals surface area contributed by atoms with Crippen molar-refractivity contribution in [3.63, 3.8) is 0 Å². The number of piperazine rings is 1. The highest BCUT2D eigenvalue weighted by Crippen LogP contribution is 2.33. The van der Waals surface area contributed by atoms with Gasteiger partial charge in [0.05, 0.1) is 10.2 Å². The smallest absolute Gasteiger partial charge is 0.180 e. The van der Waals surface area contributed by atoms with Crippen molar-refractivity contribution in [2.24, 2.45) is 0 Å². The second-order valence-corrected chi connectivity index (χ2v) is 11.1. The molecule has 9 heteroatoms. The topological polar surface area (TPSA) is 72.6 Å². The van der Waals surface area contributed by atoms with E-state index in [1.807, 2.05) is 6.20 Å². The molecule has 8 nitrogen and oxygen atoms in total. The minimum atomic E-state index is 0.455. The molecule has 36 heavy (non-hydrogen) atoms. The van der Waals surface area contributed by atoms with Crippen molar-refractivity contribution < 1.29 is 4.74 Å². The third-order valence-electron chi connectivity index (χ3n) is 7.55. The van der Waals surface area contributed by atoms with Crippen LogP contribution in [-0.2, 0) is 4.74 Å². The maximum atomic E-state index is 5.21. The van der Waals surface area contributed by atoms with Crippen LogP contribution in [0.3, 0.4) is 0 Å². The lowest BCUT2D eigenvalue weighted by Crippen LogP contribution is -2.52. The molecule has 194 valence electrons. The molecule has 2 aliphatic heterocycles. The Bertz CT molecular complexity index is 1140. The van der Waals surface area contributed by atoms with Gasteiger partial charge < -0.3 is 24.8 Å². The van der Waals surface area contributed by atoms with Gasteiger partial charge in [0.25, 0.3) is 0 Å². The molecular weight excluding hydrogens is 518 g/mol. The number of hydrogen-bond donors (Lipinski definition) is 2. The molecule has 0 amide bonds. The van der Waals surface area contributed by atoms with Gasteiger partial charge in [0.15, 0.2) is 5.65 Å². The fraction of sp³-hybridized carbons (Fsp3) is 0.556. The molecule has 0 bridgehead atoms. The van der Waals surface area contributed by atoms with Crippen molar-refractivity contribution >= 4 is 38.5 Å². The van der Waals surface area contributed by atoms with Gasteiger partial charge in [-0.25, -0.2) is 9.97 Å². The first kappa shape index (κ1) is 25.4. The Balaban J connectivity index is 1.29. The highest BCUT2D eigenvalue weighted by atomic mass is 79.9. The second kappa shape index (κ2) is 11.5. The van der Waals surface area contributed by atoms with Crippen LogP contribution in [0.1, 0.15) is 26.2 Å². The van der Waals surface area contributed by atoms with E-state index in [1.165, 1.54) is 5.69 Å². The van der Waals surface area contributed by atoms with Crippen LogP contribution in [0.25, 0.3) is 22.6 Å². The number of anilines is 2. The minimum Gasteiger partial charge on any atom is -0.385 e. The zero-order chi connectivity index (χ0) is 25.1. The van der Waals surface area contributed by atoms with Gasteiger partial charge in [0, 0.05) is 69.4 Å². The number of aromatic amines is 1. The summed E-state index contributed by atoms with van der Waals surface area (Å²) >= 11 is 3.70. The van der Waals surface area contributed by atoms with Crippen LogP contribution >= 0.6 is 15.9 Å². The Morgan fingerprint density at radius 2 is 1.92 bits per heavy atom. The van der Waals surface area contributed by atoms with Crippen LogP contribution in [0.4, 0.5) is 11.4 Å². The minimum absolute atomic E-state index is 0.455. The van der Waals surface area contributed by atoms with Crippen molar-refractivity contribution in [2.45, 2.75) is 38.3 Å². The van der Waals surface area contributed by atoms with Gasteiger partial charge >= 0.3 is 0 Å². The Morgan fingerprint density at radius 3 is 2.64 bits per heavy atom. The van der Waals surface area contributed by atoms with Crippen molar-refractivity contribution in [1.82, 2.24) is 24.8 Å². The van der Waals surface area contributed by atoms with Crippen LogP contribution in [0.2, 0.25) is 0 Å². The van der Waals surface area contributed by atoms with Crippen LogP contribution in [-0.4, -0.2) is 96.9 Å². The van der Waals surface area contributed by atoms with E-state index in [2.05, 4.69) is 84.2 Å². The summed E-state index contributed by atoms with van der Waals surface area (Å²) in [4.78, 5) is 20.4. The van der Waals surface area contributed by atoms with Crippen molar-refractivity contribution in [3.05, 3.63) is 34.9 Å². The number of benzene rings is 1. The number of nitrogens with one attached hydrogen (secondary N) is 2. The lowest BCUT2D eigenvalue weighted by Gasteiger charge is -2.41. The number of hydrogen-bond acceptors (Lipinski definition) is 7. The first-order chi connectivity index (χ1) is 17.5. The number of pyridine rings is 1. The molecule has 2 aliphatic rings. The van der Waals surface area contributed by atoms with E-state index in [9.17, 15) is 0 Å². The maximum absolute atomic E-state index is 5.21. The molecule has 0 aliphatic carbocycles. The summed E-state index contributed by atoms with van der Waals surface area (Å²) in [6.07, 6.45) is 5.21. The molecule has 2 aromatic heterocycles. The fourth-order valence-corrected chi connectivity index (χ4v) is 5.85. The van der Waals surface area contributed by atoms with E-state index < -0.39 is 0 Å². The number of rotatable bonds is 8. The molecule has 2 fully saturated rings. The number of ether oxygens (including phenoxy) is 1. The van der Waals surface area contributed by atoms with E-state index >= 15 is 0 Å². The normalized spacial score (nSPS) is 20.3. The zero-order valence-corrected chi connectivity index (χ0v) is 23.2. The van der Waals surface area contributed by atoms with Gasteiger partial charge in [0.2, 0.25) is 0 Å². The van der Waals surface area contributed by atoms with E-state index in [1.54, 1.807) is 7.11 Å². The number of imidazole rings is 1. The first-order valence-corrected chi connectivity index (χ1v) is 13.9. The molecule has 1 aromatic carbocycles. The zero-order valence-electron chi connectivity index (χ0n) is 21.6. The van der Waals surface area contributed by atoms with Gasteiger partial charge in [-0.1, -0.05) is 0 Å². The fourth-order valence-electron chi connectivity index (χ4n) is 5.43. The van der Waals surface area contributed by atoms with Crippen molar-refractivity contribution in [2.75, 3.05) is 70.2 Å². The number of likely N-dealkylation sites (tertiary alicyclic amines) is 1. The Morgan fingerprint density at radius 1 is 1.14 bits per heavy atom. The highest BCUT2D eigenvalue weighted by molar-refractivity contribution is 9.10. The standard InChI is InChI=1S/C27H38BrN7O/c1-19-18-34(11-4-16-36-3)14-15-35(19)22-7-5-20(6-8-22)26-31-25-24(23(28)17-29-27(25)32-26)30-21-9-12-33(2)13-10-21/h5-8,17,19,21H,4,9-16,18H2,1-3H3,(H2,29,30,31,32)/t19-/m0/s1. The summed E-state index contributed by atoms with van der Waals surface area (Å²) in [5.74, 6) is 0.851. The molecule has 1 atom stereocenters. The van der Waals surface area contributed by atoms with E-state index in [0.29, 0.717) is 12.1 Å². The van der Waals surface area contributed by atoms with Crippen LogP contribution < -0.4 is 10.2 Å². The van der Waals surface area contributed by atoms with E-state index in [4.69, 9.17) is 9.72 Å². The van der Waals surface area contributed by atoms with Gasteiger partial charge in [-0.3, -0.25) is 4.90 Å². The molecule has 0 unspecified atom stereocenters. The SMILES string of the molecule is COCCCN1CCN(c2ccc(-c3nc4ncc(Br)c(NC5CCN(C)CC5)c4[nH]3)cc2)[C@@H](C)C1. The van der Waals surface area contributed by atoms with Gasteiger partial charge in [-0.2, -0.15) is 0 Å². The molecular formula is C27H38BrN7O. The average Bonchev–Trinajstić information content (AvgIpc) is 3.32. The number of fused-ring (bicyclic) bond motifs is 1. The van der Waals surface area contributed by atoms with Crippen molar-refractivity contribution in [3.8, 4) is 11.4 Å². The van der Waals surface area contributed by atoms with Crippen LogP contribution in [0.15, 0.2) is 34.9 Å². The summed E-state index contributed by atoms with van der Waals surface area (Å²) < 4.78 is 6.18. The summed E-state index contributed by atoms with van der Waals surface area (Å²) in [5, 5.41) is 3.75. The number of nitrogens with zero attached hydrogens (tertiary/aromatic N) is 5. The number of aromatic nitrogens is 3. The van der Waals surface area contributed by atoms with Crippen LogP contribution in [0, 0.1) is 0 Å². The molecule has 0 saturated carbocycles. The van der Waals surface area contributed by atoms with Crippen molar-refractivity contribution in [1.29, 1.82) is 0 Å². The summed E-state index contributed by atoms with van der Waals surface area (Å²) in [6.45, 7) is 9.71. The summed E-state index contributed by atoms with van der Waals surface area (Å²) in [6, 6.07) is 9.72. The first-order valence-electron chi connectivity index (χ1n) is 13.1. The quantitative estimate of drug-likeness (QED) is 0.398. The predicted octanol–water partition coefficient (Wildman–Crippen LogP) is 4.44. The molecule has 0 spiro atoms. The maximum Gasteiger partial charge on any atom is 0.180 e. The number of methoxy groups -OCH3 is 1. The lowest BCUT2D eigenvalue weighted by molar-refractivity contribution is 0.162. The molecule has 3 aromatic rings. The molecule has 5 rings (SSSR count). The highest BCUT2D eigenvalue weighted by Gasteiger charge is 2.24. The van der Waals surface area contributed by atoms with Gasteiger partial charge in [-0.15, -0.1) is 0 Å². The monoisotopic (exact) mass is 555 g/mol. The van der Waals surface area contributed by atoms with E-state index in [-0.39, 0.29) is 0 Å². The lowest BCUT2D eigenvalue weighted by atomic mass is 10.1. The third kappa shape index (κ3) is 5.69. The predicted molar refractivity (Wildman–Crippen MR) is 151 cm³/mol. The largest absolute Gasteiger partial charge is 0.385 e. The van der Waals surface area contributed by atoms with Gasteiger partial charge in [0.1, 0.15) is 11.3 Å². The molecule has 2 N–H and O–H groups in total. The molecule has 2 saturated heterocycles. The number of H-pyrrole nitrogens is 1. The Kier molecular flexibility index (Phi) is 8.10. The summed E-state index contributed by atoms with van der Waals surface area (Å²) in [5.41, 5.74) is 5.10. The van der Waals surface area contributed by atoms with Crippen LogP contribution in [0.5, 0.6) is 0 Å². The number of piperidine rings is 1. The average molecular weight is 557 g/mol. The second-order valence-electron chi connectivity index (χ2n) is 10.2. The number of halogens is 1. The van der Waals surface area contributed by atoms with Gasteiger partial charge in [-0.05, 0) is 86.5 Å². The Hall–Kier alpha value is -2.20. The third-order valence-corrected chi connectivity index (χ3v) is 8.15. The Labute approximate surface area is 222 Å². The molecule has 4 heterocycles. The van der Waals surface area contributed by atoms with E-state index in [0.717, 1.165) is 97.8 Å².